The predicted octanol–water partition coefficient (Wildman–Crippen LogP) is 1.71. The van der Waals surface area contributed by atoms with E-state index in [1.165, 1.54) is 46.3 Å². The summed E-state index contributed by atoms with van der Waals surface area (Å²) in [6.45, 7) is 5.65. The molecule has 0 saturated carbocycles. The minimum Gasteiger partial charge on any atom is -0.397 e. The second-order valence-corrected chi connectivity index (χ2v) is 11.3. The van der Waals surface area contributed by atoms with Gasteiger partial charge in [-0.05, 0) is 6.07 Å². The Hall–Kier alpha value is -6.72. The molecule has 0 aromatic carbocycles. The van der Waals surface area contributed by atoms with E-state index in [-0.39, 0.29) is 16.5 Å². The van der Waals surface area contributed by atoms with Crippen molar-refractivity contribution in [2.45, 2.75) is 0 Å². The SMILES string of the molecule is Nc1cnc(N2CCOCC2)c(-n2ccnn2)c1.O=[N+]([O-])c1cnc(Cl)c(-n2ccnn2)c1.O=[N+]([O-])c1cnc(N2CCOCC2)c(-n2ccnn2)c1. The Bertz CT molecular complexity index is 2110. The third-order valence-electron chi connectivity index (χ3n) is 7.56. The molecule has 2 fully saturated rings. The Morgan fingerprint density at radius 1 is 0.623 bits per heavy atom. The summed E-state index contributed by atoms with van der Waals surface area (Å²) in [4.78, 5) is 36.9. The minimum atomic E-state index is -0.552. The summed E-state index contributed by atoms with van der Waals surface area (Å²) in [5, 5.41) is 44.2. The molecule has 2 saturated heterocycles. The molecule has 6 aromatic heterocycles. The van der Waals surface area contributed by atoms with Gasteiger partial charge in [0.15, 0.2) is 16.8 Å². The van der Waals surface area contributed by atoms with Crippen LogP contribution in [0.2, 0.25) is 5.15 Å². The van der Waals surface area contributed by atoms with Crippen LogP contribution < -0.4 is 15.5 Å². The van der Waals surface area contributed by atoms with Gasteiger partial charge in [-0.1, -0.05) is 27.2 Å². The van der Waals surface area contributed by atoms with Crippen molar-refractivity contribution in [2.75, 3.05) is 68.1 Å². The molecule has 0 amide bonds. The van der Waals surface area contributed by atoms with Gasteiger partial charge < -0.3 is 25.0 Å². The molecule has 2 aliphatic heterocycles. The molecule has 0 atom stereocenters. The summed E-state index contributed by atoms with van der Waals surface area (Å²) in [5.41, 5.74) is 7.89. The first-order valence-electron chi connectivity index (χ1n) is 15.7. The third kappa shape index (κ3) is 8.96. The van der Waals surface area contributed by atoms with Crippen LogP contribution in [0.5, 0.6) is 0 Å². The van der Waals surface area contributed by atoms with Crippen LogP contribution in [0.3, 0.4) is 0 Å². The van der Waals surface area contributed by atoms with Crippen molar-refractivity contribution >= 4 is 40.3 Å². The number of pyridine rings is 3. The highest BCUT2D eigenvalue weighted by molar-refractivity contribution is 6.31. The molecule has 0 aliphatic carbocycles. The summed E-state index contributed by atoms with van der Waals surface area (Å²) in [6.07, 6.45) is 13.5. The van der Waals surface area contributed by atoms with Gasteiger partial charge in [0, 0.05) is 38.3 Å². The summed E-state index contributed by atoms with van der Waals surface area (Å²) in [7, 11) is 0. The molecule has 53 heavy (non-hydrogen) atoms. The maximum absolute atomic E-state index is 10.9. The first kappa shape index (κ1) is 36.1. The van der Waals surface area contributed by atoms with E-state index in [0.29, 0.717) is 62.4 Å². The first-order valence-corrected chi connectivity index (χ1v) is 16.1. The minimum absolute atomic E-state index is 0.0764. The van der Waals surface area contributed by atoms with E-state index in [1.807, 2.05) is 11.0 Å². The van der Waals surface area contributed by atoms with E-state index < -0.39 is 9.85 Å². The zero-order valence-corrected chi connectivity index (χ0v) is 28.4. The first-order chi connectivity index (χ1) is 25.8. The quantitative estimate of drug-likeness (QED) is 0.138. The topological polar surface area (TPSA) is 268 Å². The summed E-state index contributed by atoms with van der Waals surface area (Å²) < 4.78 is 15.1. The smallest absolute Gasteiger partial charge is 0.289 e. The molecule has 2 aliphatic rings. The monoisotopic (exact) mass is 747 g/mol. The highest BCUT2D eigenvalue weighted by atomic mass is 35.5. The van der Waals surface area contributed by atoms with Gasteiger partial charge in [-0.2, -0.15) is 0 Å². The van der Waals surface area contributed by atoms with E-state index in [2.05, 4.69) is 50.8 Å². The fourth-order valence-electron chi connectivity index (χ4n) is 5.07. The van der Waals surface area contributed by atoms with Crippen molar-refractivity contribution < 1.29 is 19.3 Å². The van der Waals surface area contributed by atoms with Crippen LogP contribution in [0.25, 0.3) is 17.1 Å². The van der Waals surface area contributed by atoms with Gasteiger partial charge in [0.1, 0.15) is 29.5 Å². The third-order valence-corrected chi connectivity index (χ3v) is 7.85. The molecule has 8 heterocycles. The molecule has 23 nitrogen and oxygen atoms in total. The standard InChI is InChI=1S/C11H12N6O3.C11H14N6O.C7H4ClN5O2/c18-17(19)9-7-10(16-2-1-13-14-16)11(12-8-9)15-3-5-20-6-4-15;12-9-7-10(17-2-1-14-15-17)11(13-8-9)16-3-5-18-6-4-16;8-7-6(12-2-1-10-11-12)3-5(4-9-7)13(14)15/h1-2,7-8H,3-6H2;1-2,7-8H,3-6,12H2;1-4H. The molecule has 0 spiro atoms. The van der Waals surface area contributed by atoms with Gasteiger partial charge in [-0.25, -0.2) is 29.0 Å². The number of nitro groups is 2. The maximum atomic E-state index is 10.9. The van der Waals surface area contributed by atoms with Gasteiger partial charge in [-0.15, -0.1) is 15.3 Å². The molecule has 6 aromatic rings. The van der Waals surface area contributed by atoms with Crippen molar-refractivity contribution in [2.24, 2.45) is 0 Å². The van der Waals surface area contributed by atoms with E-state index in [1.54, 1.807) is 29.5 Å². The van der Waals surface area contributed by atoms with Crippen molar-refractivity contribution in [1.29, 1.82) is 0 Å². The Balaban J connectivity index is 0.000000137. The Labute approximate surface area is 303 Å². The Morgan fingerprint density at radius 3 is 1.49 bits per heavy atom. The number of morpholine rings is 2. The molecule has 274 valence electrons. The van der Waals surface area contributed by atoms with Crippen LogP contribution in [0.4, 0.5) is 28.7 Å². The lowest BCUT2D eigenvalue weighted by Gasteiger charge is -2.29. The van der Waals surface area contributed by atoms with Crippen LogP contribution >= 0.6 is 11.6 Å². The second kappa shape index (κ2) is 17.0. The maximum Gasteiger partial charge on any atom is 0.289 e. The largest absolute Gasteiger partial charge is 0.397 e. The number of nitrogens with zero attached hydrogens (tertiary/aromatic N) is 16. The van der Waals surface area contributed by atoms with Gasteiger partial charge in [0.05, 0.1) is 85.3 Å². The zero-order valence-electron chi connectivity index (χ0n) is 27.6. The highest BCUT2D eigenvalue weighted by Crippen LogP contribution is 2.27. The average Bonchev–Trinajstić information content (AvgIpc) is 4.01. The molecule has 0 unspecified atom stereocenters. The lowest BCUT2D eigenvalue weighted by Crippen LogP contribution is -2.37. The molecular formula is C29H30ClN17O6. The molecule has 2 N–H and O–H groups in total. The van der Waals surface area contributed by atoms with Crippen molar-refractivity contribution in [3.05, 3.63) is 99.4 Å². The van der Waals surface area contributed by atoms with Gasteiger partial charge in [0.2, 0.25) is 0 Å². The summed E-state index contributed by atoms with van der Waals surface area (Å²) in [6, 6.07) is 4.59. The number of aromatic nitrogens is 12. The Morgan fingerprint density at radius 2 is 1.04 bits per heavy atom. The van der Waals surface area contributed by atoms with E-state index in [4.69, 9.17) is 26.8 Å². The van der Waals surface area contributed by atoms with Gasteiger partial charge in [-0.3, -0.25) is 20.2 Å². The zero-order chi connectivity index (χ0) is 37.2. The lowest BCUT2D eigenvalue weighted by atomic mass is 10.3. The van der Waals surface area contributed by atoms with E-state index in [0.717, 1.165) is 30.8 Å². The van der Waals surface area contributed by atoms with Crippen molar-refractivity contribution in [1.82, 2.24) is 59.9 Å². The van der Waals surface area contributed by atoms with E-state index >= 15 is 0 Å². The van der Waals surface area contributed by atoms with Crippen LogP contribution in [0.1, 0.15) is 0 Å². The number of halogens is 1. The van der Waals surface area contributed by atoms with Crippen LogP contribution in [-0.4, -0.2) is 122 Å². The number of hydrogen-bond acceptors (Lipinski definition) is 18. The van der Waals surface area contributed by atoms with Crippen LogP contribution in [0.15, 0.2) is 74.0 Å². The number of nitrogens with two attached hydrogens (primary N) is 1. The molecule has 24 heteroatoms. The van der Waals surface area contributed by atoms with Gasteiger partial charge >= 0.3 is 0 Å². The van der Waals surface area contributed by atoms with Crippen LogP contribution in [-0.2, 0) is 9.47 Å². The number of hydrogen-bond donors (Lipinski definition) is 1. The number of rotatable bonds is 7. The predicted molar refractivity (Wildman–Crippen MR) is 186 cm³/mol. The number of ether oxygens (including phenoxy) is 2. The Kier molecular flexibility index (Phi) is 11.6. The average molecular weight is 748 g/mol. The highest BCUT2D eigenvalue weighted by Gasteiger charge is 2.21. The lowest BCUT2D eigenvalue weighted by molar-refractivity contribution is -0.385. The summed E-state index contributed by atoms with van der Waals surface area (Å²) >= 11 is 5.77. The van der Waals surface area contributed by atoms with E-state index in [9.17, 15) is 20.2 Å². The second-order valence-electron chi connectivity index (χ2n) is 10.9. The summed E-state index contributed by atoms with van der Waals surface area (Å²) in [5.74, 6) is 1.50. The van der Waals surface area contributed by atoms with Crippen molar-refractivity contribution in [3.8, 4) is 17.1 Å². The molecule has 0 radical (unpaired) electrons. The molecular weight excluding hydrogens is 718 g/mol. The number of nitrogen functional groups attached to an aromatic ring is 1. The fourth-order valence-corrected chi connectivity index (χ4v) is 5.26. The molecule has 8 rings (SSSR count). The fraction of sp³-hybridized carbons (Fsp3) is 0.276. The molecule has 0 bridgehead atoms. The van der Waals surface area contributed by atoms with Crippen LogP contribution in [0, 0.1) is 20.2 Å². The van der Waals surface area contributed by atoms with Gasteiger partial charge in [0.25, 0.3) is 11.4 Å². The number of anilines is 3. The normalized spacial score (nSPS) is 14.1. The van der Waals surface area contributed by atoms with Crippen molar-refractivity contribution in [3.63, 3.8) is 0 Å².